The molecule has 5 heteroatoms. The minimum atomic E-state index is -0.210. The van der Waals surface area contributed by atoms with Crippen LogP contribution in [0.2, 0.25) is 5.02 Å². The SMILES string of the molecule is CC(C)CC(=O)Nc1ccc(NC(=O)c2ccc(Cl)cc2)cc1. The number of anilines is 2. The zero-order chi connectivity index (χ0) is 16.8. The third-order valence-electron chi connectivity index (χ3n) is 3.13. The summed E-state index contributed by atoms with van der Waals surface area (Å²) in [6.45, 7) is 3.99. The van der Waals surface area contributed by atoms with Gasteiger partial charge in [-0.3, -0.25) is 9.59 Å². The molecule has 0 bridgehead atoms. The summed E-state index contributed by atoms with van der Waals surface area (Å²) >= 11 is 5.80. The number of carbonyl (C=O) groups excluding carboxylic acids is 2. The van der Waals surface area contributed by atoms with Crippen LogP contribution in [-0.4, -0.2) is 11.8 Å². The van der Waals surface area contributed by atoms with Gasteiger partial charge in [0.2, 0.25) is 5.91 Å². The number of hydrogen-bond acceptors (Lipinski definition) is 2. The molecule has 2 amide bonds. The van der Waals surface area contributed by atoms with Crippen molar-refractivity contribution in [3.05, 3.63) is 59.1 Å². The van der Waals surface area contributed by atoms with Gasteiger partial charge in [0, 0.05) is 28.4 Å². The van der Waals surface area contributed by atoms with Crippen molar-refractivity contribution in [2.45, 2.75) is 20.3 Å². The molecule has 0 aliphatic rings. The highest BCUT2D eigenvalue weighted by molar-refractivity contribution is 6.30. The molecule has 23 heavy (non-hydrogen) atoms. The second-order valence-corrected chi connectivity index (χ2v) is 6.12. The first kappa shape index (κ1) is 17.0. The van der Waals surface area contributed by atoms with E-state index in [1.807, 2.05) is 13.8 Å². The molecule has 0 heterocycles. The number of nitrogens with one attached hydrogen (secondary N) is 2. The van der Waals surface area contributed by atoms with Crippen LogP contribution in [0.4, 0.5) is 11.4 Å². The summed E-state index contributed by atoms with van der Waals surface area (Å²) in [6.07, 6.45) is 0.481. The number of rotatable bonds is 5. The highest BCUT2D eigenvalue weighted by Crippen LogP contribution is 2.16. The van der Waals surface area contributed by atoms with Crippen molar-refractivity contribution >= 4 is 34.8 Å². The van der Waals surface area contributed by atoms with Crippen molar-refractivity contribution < 1.29 is 9.59 Å². The Balaban J connectivity index is 1.95. The maximum atomic E-state index is 12.1. The minimum Gasteiger partial charge on any atom is -0.326 e. The number of halogens is 1. The Morgan fingerprint density at radius 2 is 1.43 bits per heavy atom. The van der Waals surface area contributed by atoms with Gasteiger partial charge in [-0.15, -0.1) is 0 Å². The van der Waals surface area contributed by atoms with E-state index in [0.717, 1.165) is 0 Å². The van der Waals surface area contributed by atoms with Gasteiger partial charge in [0.25, 0.3) is 5.91 Å². The number of amides is 2. The maximum absolute atomic E-state index is 12.1. The summed E-state index contributed by atoms with van der Waals surface area (Å²) in [5.74, 6) is 0.0872. The van der Waals surface area contributed by atoms with Crippen LogP contribution in [0.3, 0.4) is 0 Å². The molecule has 0 aliphatic carbocycles. The molecule has 2 N–H and O–H groups in total. The average Bonchev–Trinajstić information content (AvgIpc) is 2.49. The largest absolute Gasteiger partial charge is 0.326 e. The quantitative estimate of drug-likeness (QED) is 0.843. The van der Waals surface area contributed by atoms with Crippen molar-refractivity contribution in [1.82, 2.24) is 0 Å². The first-order valence-corrected chi connectivity index (χ1v) is 7.78. The van der Waals surface area contributed by atoms with Gasteiger partial charge in [-0.1, -0.05) is 25.4 Å². The molecule has 2 aromatic rings. The van der Waals surface area contributed by atoms with E-state index in [4.69, 9.17) is 11.6 Å². The van der Waals surface area contributed by atoms with Gasteiger partial charge in [0.05, 0.1) is 0 Å². The van der Waals surface area contributed by atoms with Crippen LogP contribution in [0.1, 0.15) is 30.6 Å². The Morgan fingerprint density at radius 3 is 1.96 bits per heavy atom. The molecule has 0 unspecified atom stereocenters. The number of carbonyl (C=O) groups is 2. The molecule has 0 radical (unpaired) electrons. The lowest BCUT2D eigenvalue weighted by atomic mass is 10.1. The summed E-state index contributed by atoms with van der Waals surface area (Å²) in [5.41, 5.74) is 1.90. The van der Waals surface area contributed by atoms with Crippen molar-refractivity contribution in [1.29, 1.82) is 0 Å². The van der Waals surface area contributed by atoms with Gasteiger partial charge < -0.3 is 10.6 Å². The first-order valence-electron chi connectivity index (χ1n) is 7.41. The van der Waals surface area contributed by atoms with Crippen molar-refractivity contribution in [2.75, 3.05) is 10.6 Å². The van der Waals surface area contributed by atoms with E-state index in [0.29, 0.717) is 34.3 Å². The Kier molecular flexibility index (Phi) is 5.77. The van der Waals surface area contributed by atoms with Crippen molar-refractivity contribution in [2.24, 2.45) is 5.92 Å². The normalized spacial score (nSPS) is 10.4. The van der Waals surface area contributed by atoms with E-state index >= 15 is 0 Å². The molecular formula is C18H19ClN2O2. The second-order valence-electron chi connectivity index (χ2n) is 5.68. The summed E-state index contributed by atoms with van der Waals surface area (Å²) in [5, 5.41) is 6.21. The van der Waals surface area contributed by atoms with Crippen LogP contribution in [0.15, 0.2) is 48.5 Å². The first-order chi connectivity index (χ1) is 10.9. The van der Waals surface area contributed by atoms with E-state index in [2.05, 4.69) is 10.6 Å². The lowest BCUT2D eigenvalue weighted by Gasteiger charge is -2.09. The van der Waals surface area contributed by atoms with E-state index in [1.54, 1.807) is 48.5 Å². The molecule has 0 saturated heterocycles. The monoisotopic (exact) mass is 330 g/mol. The molecule has 2 rings (SSSR count). The predicted octanol–water partition coefficient (Wildman–Crippen LogP) is 4.58. The van der Waals surface area contributed by atoms with Crippen LogP contribution in [0.5, 0.6) is 0 Å². The molecule has 0 atom stereocenters. The van der Waals surface area contributed by atoms with E-state index in [1.165, 1.54) is 0 Å². The van der Waals surface area contributed by atoms with Gasteiger partial charge in [-0.25, -0.2) is 0 Å². The van der Waals surface area contributed by atoms with Crippen molar-refractivity contribution in [3.63, 3.8) is 0 Å². The van der Waals surface area contributed by atoms with Crippen LogP contribution in [-0.2, 0) is 4.79 Å². The molecule has 120 valence electrons. The maximum Gasteiger partial charge on any atom is 0.255 e. The highest BCUT2D eigenvalue weighted by Gasteiger charge is 2.07. The topological polar surface area (TPSA) is 58.2 Å². The fraction of sp³-hybridized carbons (Fsp3) is 0.222. The second kappa shape index (κ2) is 7.79. The van der Waals surface area contributed by atoms with Gasteiger partial charge in [0.15, 0.2) is 0 Å². The molecular weight excluding hydrogens is 312 g/mol. The molecule has 4 nitrogen and oxygen atoms in total. The molecule has 0 aromatic heterocycles. The van der Waals surface area contributed by atoms with Crippen LogP contribution in [0.25, 0.3) is 0 Å². The minimum absolute atomic E-state index is 0.0158. The molecule has 0 saturated carbocycles. The third-order valence-corrected chi connectivity index (χ3v) is 3.38. The molecule has 0 fully saturated rings. The summed E-state index contributed by atoms with van der Waals surface area (Å²) in [6, 6.07) is 13.7. The molecule has 0 spiro atoms. The highest BCUT2D eigenvalue weighted by atomic mass is 35.5. The van der Waals surface area contributed by atoms with Crippen LogP contribution in [0, 0.1) is 5.92 Å². The van der Waals surface area contributed by atoms with E-state index in [-0.39, 0.29) is 11.8 Å². The zero-order valence-corrected chi connectivity index (χ0v) is 13.9. The summed E-state index contributed by atoms with van der Waals surface area (Å²) < 4.78 is 0. The molecule has 0 aliphatic heterocycles. The number of hydrogen-bond donors (Lipinski definition) is 2. The van der Waals surface area contributed by atoms with Crippen LogP contribution >= 0.6 is 11.6 Å². The Hall–Kier alpha value is -2.33. The average molecular weight is 331 g/mol. The summed E-state index contributed by atoms with van der Waals surface area (Å²) in [7, 11) is 0. The fourth-order valence-electron chi connectivity index (χ4n) is 2.02. The van der Waals surface area contributed by atoms with E-state index in [9.17, 15) is 9.59 Å². The lowest BCUT2D eigenvalue weighted by Crippen LogP contribution is -2.14. The van der Waals surface area contributed by atoms with Crippen LogP contribution < -0.4 is 10.6 Å². The van der Waals surface area contributed by atoms with E-state index < -0.39 is 0 Å². The Bertz CT molecular complexity index is 679. The fourth-order valence-corrected chi connectivity index (χ4v) is 2.15. The Labute approximate surface area is 140 Å². The van der Waals surface area contributed by atoms with Crippen molar-refractivity contribution in [3.8, 4) is 0 Å². The van der Waals surface area contributed by atoms with Gasteiger partial charge in [0.1, 0.15) is 0 Å². The van der Waals surface area contributed by atoms with Gasteiger partial charge in [-0.05, 0) is 54.4 Å². The third kappa shape index (κ3) is 5.42. The zero-order valence-electron chi connectivity index (χ0n) is 13.1. The smallest absolute Gasteiger partial charge is 0.255 e. The standard InChI is InChI=1S/C18H19ClN2O2/c1-12(2)11-17(22)20-15-7-9-16(10-8-15)21-18(23)13-3-5-14(19)6-4-13/h3-10,12H,11H2,1-2H3,(H,20,22)(H,21,23). The molecule has 2 aromatic carbocycles. The van der Waals surface area contributed by atoms with Gasteiger partial charge >= 0.3 is 0 Å². The summed E-state index contributed by atoms with van der Waals surface area (Å²) in [4.78, 5) is 23.8. The van der Waals surface area contributed by atoms with Gasteiger partial charge in [-0.2, -0.15) is 0 Å². The Morgan fingerprint density at radius 1 is 0.913 bits per heavy atom. The number of benzene rings is 2. The lowest BCUT2D eigenvalue weighted by molar-refractivity contribution is -0.116. The predicted molar refractivity (Wildman–Crippen MR) is 93.9 cm³/mol.